The van der Waals surface area contributed by atoms with Crippen molar-refractivity contribution in [1.82, 2.24) is 0 Å². The van der Waals surface area contributed by atoms with Gasteiger partial charge in [0.1, 0.15) is 0 Å². The van der Waals surface area contributed by atoms with Crippen LogP contribution in [0.15, 0.2) is 12.7 Å². The molecule has 0 N–H and O–H groups in total. The van der Waals surface area contributed by atoms with Gasteiger partial charge in [-0.1, -0.05) is 73.3 Å². The second-order valence-corrected chi connectivity index (χ2v) is 4.22. The van der Waals surface area contributed by atoms with E-state index in [0.29, 0.717) is 0 Å². The average molecular weight is 214 g/mol. The van der Waals surface area contributed by atoms with Crippen LogP contribution in [0, 0.1) is 5.92 Å². The van der Waals surface area contributed by atoms with Crippen molar-refractivity contribution < 1.29 is 0 Å². The van der Waals surface area contributed by atoms with Crippen molar-refractivity contribution in [3.8, 4) is 0 Å². The Hall–Kier alpha value is -0.260. The minimum Gasteiger partial charge on any atom is -0.103 e. The van der Waals surface area contributed by atoms with E-state index in [0.717, 1.165) is 5.92 Å². The molecule has 0 spiro atoms. The molecule has 94 valence electrons. The van der Waals surface area contributed by atoms with Crippen LogP contribution in [-0.2, 0) is 0 Å². The predicted molar refractivity (Wildman–Crippen MR) is 75.4 cm³/mol. The summed E-state index contributed by atoms with van der Waals surface area (Å²) in [4.78, 5) is 0. The number of allylic oxidation sites excluding steroid dienone is 1. The number of hydrogen-bond donors (Lipinski definition) is 0. The maximum atomic E-state index is 3.68. The lowest BCUT2D eigenvalue weighted by Gasteiger charge is -1.94. The van der Waals surface area contributed by atoms with Gasteiger partial charge in [0.15, 0.2) is 0 Å². The third-order valence-electron chi connectivity index (χ3n) is 1.51. The van der Waals surface area contributed by atoms with Crippen LogP contribution in [0.3, 0.4) is 0 Å². The Bertz CT molecular complexity index is 79.3. The number of rotatable bonds is 6. The van der Waals surface area contributed by atoms with Crippen molar-refractivity contribution in [2.75, 3.05) is 0 Å². The first-order valence-electron chi connectivity index (χ1n) is 6.76. The van der Waals surface area contributed by atoms with Gasteiger partial charge in [-0.05, 0) is 18.8 Å². The summed E-state index contributed by atoms with van der Waals surface area (Å²) in [6, 6.07) is 0. The highest BCUT2D eigenvalue weighted by Crippen LogP contribution is 2.04. The van der Waals surface area contributed by atoms with Crippen LogP contribution in [0.1, 0.15) is 80.1 Å². The maximum Gasteiger partial charge on any atom is -0.0353 e. The number of unbranched alkanes of at least 4 members (excludes halogenated alkanes) is 5. The van der Waals surface area contributed by atoms with Crippen molar-refractivity contribution >= 4 is 0 Å². The fourth-order valence-electron chi connectivity index (χ4n) is 0.892. The minimum absolute atomic E-state index is 0.833. The molecule has 0 rings (SSSR count). The monoisotopic (exact) mass is 214 g/mol. The van der Waals surface area contributed by atoms with Gasteiger partial charge >= 0.3 is 0 Å². The molecule has 0 heterocycles. The molecule has 0 heteroatoms. The molecule has 0 aliphatic rings. The zero-order valence-corrected chi connectivity index (χ0v) is 12.1. The van der Waals surface area contributed by atoms with Gasteiger partial charge in [-0.15, -0.1) is 6.58 Å². The summed E-state index contributed by atoms with van der Waals surface area (Å²) in [6.45, 7) is 16.4. The molecule has 15 heavy (non-hydrogen) atoms. The van der Waals surface area contributed by atoms with E-state index in [1.807, 2.05) is 19.9 Å². The first-order valence-corrected chi connectivity index (χ1v) is 6.76. The highest BCUT2D eigenvalue weighted by atomic mass is 13.9. The van der Waals surface area contributed by atoms with Crippen molar-refractivity contribution in [3.63, 3.8) is 0 Å². The van der Waals surface area contributed by atoms with Crippen LogP contribution in [0.2, 0.25) is 0 Å². The minimum atomic E-state index is 0.833. The van der Waals surface area contributed by atoms with Gasteiger partial charge in [0.2, 0.25) is 0 Å². The first-order chi connectivity index (χ1) is 7.15. The van der Waals surface area contributed by atoms with Crippen LogP contribution in [0.5, 0.6) is 0 Å². The van der Waals surface area contributed by atoms with Crippen molar-refractivity contribution in [2.45, 2.75) is 80.1 Å². The summed E-state index contributed by atoms with van der Waals surface area (Å²) < 4.78 is 0. The molecule has 0 saturated carbocycles. The van der Waals surface area contributed by atoms with E-state index < -0.39 is 0 Å². The molecule has 0 amide bonds. The van der Waals surface area contributed by atoms with Crippen LogP contribution in [0.25, 0.3) is 0 Å². The molecule has 0 fully saturated rings. The molecular weight excluding hydrogens is 180 g/mol. The summed E-state index contributed by atoms with van der Waals surface area (Å²) in [5.74, 6) is 0.833. The number of hydrogen-bond acceptors (Lipinski definition) is 0. The van der Waals surface area contributed by atoms with E-state index in [1.165, 1.54) is 38.5 Å². The zero-order valence-electron chi connectivity index (χ0n) is 12.1. The summed E-state index contributed by atoms with van der Waals surface area (Å²) in [5.41, 5.74) is 0. The molecule has 0 aromatic heterocycles. The largest absolute Gasteiger partial charge is 0.103 e. The van der Waals surface area contributed by atoms with Gasteiger partial charge in [0.25, 0.3) is 0 Å². The van der Waals surface area contributed by atoms with E-state index in [9.17, 15) is 0 Å². The Labute approximate surface area is 99.2 Å². The summed E-state index contributed by atoms with van der Waals surface area (Å²) >= 11 is 0. The lowest BCUT2D eigenvalue weighted by Crippen LogP contribution is -1.74. The molecule has 0 saturated heterocycles. The summed E-state index contributed by atoms with van der Waals surface area (Å²) in [7, 11) is 0. The zero-order chi connectivity index (χ0) is 12.5. The van der Waals surface area contributed by atoms with Gasteiger partial charge in [0.05, 0.1) is 0 Å². The molecule has 0 nitrogen and oxygen atoms in total. The molecule has 0 radical (unpaired) electrons. The normalized spacial score (nSPS) is 8.47. The van der Waals surface area contributed by atoms with Crippen LogP contribution in [-0.4, -0.2) is 0 Å². The predicted octanol–water partition coefficient (Wildman–Crippen LogP) is 6.22. The van der Waals surface area contributed by atoms with E-state index in [2.05, 4.69) is 34.3 Å². The molecule has 0 bridgehead atoms. The Morgan fingerprint density at radius 2 is 1.33 bits per heavy atom. The second kappa shape index (κ2) is 23.5. The molecule has 0 aromatic carbocycles. The molecule has 0 aromatic rings. The Morgan fingerprint density at radius 1 is 0.933 bits per heavy atom. The topological polar surface area (TPSA) is 0 Å². The SMILES string of the molecule is C=CCCCCCCC.CC.CC(C)C. The molecule has 0 atom stereocenters. The highest BCUT2D eigenvalue weighted by Gasteiger charge is 1.84. The van der Waals surface area contributed by atoms with E-state index in [1.54, 1.807) is 0 Å². The lowest BCUT2D eigenvalue weighted by atomic mass is 10.1. The van der Waals surface area contributed by atoms with Crippen molar-refractivity contribution in [2.24, 2.45) is 5.92 Å². The summed E-state index contributed by atoms with van der Waals surface area (Å²) in [5, 5.41) is 0. The van der Waals surface area contributed by atoms with Gasteiger partial charge in [0, 0.05) is 0 Å². The van der Waals surface area contributed by atoms with Gasteiger partial charge in [-0.2, -0.15) is 0 Å². The fourth-order valence-corrected chi connectivity index (χ4v) is 0.892. The Balaban J connectivity index is -0.000000202. The third kappa shape index (κ3) is 57.5. The highest BCUT2D eigenvalue weighted by molar-refractivity contribution is 4.65. The quantitative estimate of drug-likeness (QED) is 0.363. The van der Waals surface area contributed by atoms with Crippen LogP contribution >= 0.6 is 0 Å². The standard InChI is InChI=1S/C9H18.C4H10.C2H6/c1-3-5-7-9-8-6-4-2;1-4(2)3;1-2/h3H,1,4-9H2,2H3;4H,1-3H3;1-2H3. The van der Waals surface area contributed by atoms with Gasteiger partial charge < -0.3 is 0 Å². The Kier molecular flexibility index (Phi) is 31.6. The van der Waals surface area contributed by atoms with Crippen LogP contribution < -0.4 is 0 Å². The third-order valence-corrected chi connectivity index (χ3v) is 1.51. The fraction of sp³-hybridized carbons (Fsp3) is 0.867. The molecule has 0 aliphatic carbocycles. The van der Waals surface area contributed by atoms with Gasteiger partial charge in [-0.3, -0.25) is 0 Å². The van der Waals surface area contributed by atoms with E-state index in [-0.39, 0.29) is 0 Å². The van der Waals surface area contributed by atoms with Crippen molar-refractivity contribution in [3.05, 3.63) is 12.7 Å². The lowest BCUT2D eigenvalue weighted by molar-refractivity contribution is 0.638. The van der Waals surface area contributed by atoms with Crippen LogP contribution in [0.4, 0.5) is 0 Å². The smallest absolute Gasteiger partial charge is 0.0353 e. The maximum absolute atomic E-state index is 3.68. The second-order valence-electron chi connectivity index (χ2n) is 4.22. The van der Waals surface area contributed by atoms with E-state index in [4.69, 9.17) is 0 Å². The summed E-state index contributed by atoms with van der Waals surface area (Å²) in [6.07, 6.45) is 10.1. The van der Waals surface area contributed by atoms with Crippen molar-refractivity contribution in [1.29, 1.82) is 0 Å². The molecule has 0 aliphatic heterocycles. The van der Waals surface area contributed by atoms with Gasteiger partial charge in [-0.25, -0.2) is 0 Å². The Morgan fingerprint density at radius 3 is 1.67 bits per heavy atom. The first kappa shape index (κ1) is 20.2. The molecule has 0 unspecified atom stereocenters. The average Bonchev–Trinajstić information content (AvgIpc) is 2.20. The van der Waals surface area contributed by atoms with E-state index >= 15 is 0 Å². The molecular formula is C15H34.